The summed E-state index contributed by atoms with van der Waals surface area (Å²) in [5.74, 6) is -1.07. The van der Waals surface area contributed by atoms with E-state index in [1.807, 2.05) is 0 Å². The maximum atomic E-state index is 10.6. The minimum absolute atomic E-state index is 0. The third-order valence-electron chi connectivity index (χ3n) is 1.90. The lowest BCUT2D eigenvalue weighted by molar-refractivity contribution is -0.385. The Kier molecular flexibility index (Phi) is 4.73. The Morgan fingerprint density at radius 1 is 1.53 bits per heavy atom. The molecule has 1 N–H and O–H groups in total. The van der Waals surface area contributed by atoms with E-state index in [0.717, 1.165) is 0 Å². The Labute approximate surface area is 92.3 Å². The van der Waals surface area contributed by atoms with Crippen LogP contribution in [0.15, 0.2) is 18.2 Å². The minimum Gasteiger partial charge on any atom is -0.478 e. The van der Waals surface area contributed by atoms with Crippen LogP contribution in [0.2, 0.25) is 0 Å². The summed E-state index contributed by atoms with van der Waals surface area (Å²) in [6.07, 6.45) is 0.442. The number of aryl methyl sites for hydroxylation is 1. The van der Waals surface area contributed by atoms with Crippen LogP contribution >= 0.6 is 12.4 Å². The molecule has 15 heavy (non-hydrogen) atoms. The van der Waals surface area contributed by atoms with Crippen LogP contribution in [-0.2, 0) is 6.42 Å². The Bertz CT molecular complexity index is 392. The second-order valence-electron chi connectivity index (χ2n) is 2.76. The van der Waals surface area contributed by atoms with Crippen LogP contribution in [0.1, 0.15) is 22.8 Å². The molecule has 0 saturated carbocycles. The molecule has 1 rings (SSSR count). The van der Waals surface area contributed by atoms with Gasteiger partial charge in [-0.2, -0.15) is 0 Å². The van der Waals surface area contributed by atoms with Crippen molar-refractivity contribution in [3.8, 4) is 0 Å². The first-order chi connectivity index (χ1) is 6.56. The summed E-state index contributed by atoms with van der Waals surface area (Å²) < 4.78 is 0. The van der Waals surface area contributed by atoms with Crippen LogP contribution in [0, 0.1) is 10.1 Å². The Morgan fingerprint density at radius 3 is 2.53 bits per heavy atom. The highest BCUT2D eigenvalue weighted by Gasteiger charge is 2.14. The van der Waals surface area contributed by atoms with Gasteiger partial charge in [0.15, 0.2) is 0 Å². The number of carboxylic acids is 1. The summed E-state index contributed by atoms with van der Waals surface area (Å²) in [5, 5.41) is 19.2. The van der Waals surface area contributed by atoms with Crippen LogP contribution in [0.25, 0.3) is 0 Å². The number of aromatic carboxylic acids is 1. The molecule has 0 heterocycles. The summed E-state index contributed by atoms with van der Waals surface area (Å²) in [4.78, 5) is 20.6. The number of carbonyl (C=O) groups is 1. The number of halogens is 1. The molecule has 5 nitrogen and oxygen atoms in total. The molecular weight excluding hydrogens is 222 g/mol. The van der Waals surface area contributed by atoms with E-state index in [1.54, 1.807) is 6.92 Å². The molecule has 0 saturated heterocycles. The summed E-state index contributed by atoms with van der Waals surface area (Å²) in [6, 6.07) is 3.79. The fourth-order valence-corrected chi connectivity index (χ4v) is 1.18. The number of hydrogen-bond donors (Lipinski definition) is 1. The van der Waals surface area contributed by atoms with Gasteiger partial charge >= 0.3 is 5.97 Å². The first-order valence-electron chi connectivity index (χ1n) is 4.07. The largest absolute Gasteiger partial charge is 0.478 e. The molecule has 82 valence electrons. The molecule has 0 atom stereocenters. The zero-order valence-electron chi connectivity index (χ0n) is 7.97. The van der Waals surface area contributed by atoms with Gasteiger partial charge in [-0.15, -0.1) is 12.4 Å². The smallest absolute Gasteiger partial charge is 0.335 e. The standard InChI is InChI=1S/C9H9NO4.ClH/c1-2-6-5-7(9(11)12)3-4-8(6)10(13)14;/h3-5H,2H2,1H3,(H,11,12);1H. The van der Waals surface area contributed by atoms with Crippen molar-refractivity contribution in [2.24, 2.45) is 0 Å². The summed E-state index contributed by atoms with van der Waals surface area (Å²) in [6.45, 7) is 1.74. The Hall–Kier alpha value is -1.62. The number of nitrogens with zero attached hydrogens (tertiary/aromatic N) is 1. The van der Waals surface area contributed by atoms with E-state index >= 15 is 0 Å². The van der Waals surface area contributed by atoms with Crippen molar-refractivity contribution in [1.29, 1.82) is 0 Å². The fraction of sp³-hybridized carbons (Fsp3) is 0.222. The average Bonchev–Trinajstić information content (AvgIpc) is 2.16. The molecule has 0 spiro atoms. The maximum absolute atomic E-state index is 10.6. The summed E-state index contributed by atoms with van der Waals surface area (Å²) in [7, 11) is 0. The lowest BCUT2D eigenvalue weighted by Gasteiger charge is -2.00. The van der Waals surface area contributed by atoms with E-state index < -0.39 is 10.9 Å². The van der Waals surface area contributed by atoms with E-state index in [2.05, 4.69) is 0 Å². The first kappa shape index (κ1) is 13.4. The van der Waals surface area contributed by atoms with Gasteiger partial charge in [0.25, 0.3) is 5.69 Å². The average molecular weight is 232 g/mol. The van der Waals surface area contributed by atoms with Crippen LogP contribution in [-0.4, -0.2) is 16.0 Å². The van der Waals surface area contributed by atoms with E-state index in [-0.39, 0.29) is 23.7 Å². The molecule has 0 aliphatic rings. The molecular formula is C9H10ClNO4. The van der Waals surface area contributed by atoms with Crippen LogP contribution in [0.3, 0.4) is 0 Å². The van der Waals surface area contributed by atoms with Crippen LogP contribution in [0.5, 0.6) is 0 Å². The number of hydrogen-bond acceptors (Lipinski definition) is 3. The number of carboxylic acid groups (broad SMARTS) is 1. The molecule has 1 aromatic rings. The van der Waals surface area contributed by atoms with Crippen molar-refractivity contribution >= 4 is 24.1 Å². The molecule has 6 heteroatoms. The van der Waals surface area contributed by atoms with E-state index in [4.69, 9.17) is 5.11 Å². The van der Waals surface area contributed by atoms with Crippen molar-refractivity contribution in [3.05, 3.63) is 39.4 Å². The van der Waals surface area contributed by atoms with Gasteiger partial charge in [0.05, 0.1) is 10.5 Å². The molecule has 0 amide bonds. The van der Waals surface area contributed by atoms with Gasteiger partial charge in [0, 0.05) is 11.6 Å². The second-order valence-corrected chi connectivity index (χ2v) is 2.76. The van der Waals surface area contributed by atoms with Crippen molar-refractivity contribution < 1.29 is 14.8 Å². The molecule has 0 aliphatic heterocycles. The quantitative estimate of drug-likeness (QED) is 0.639. The molecule has 0 radical (unpaired) electrons. The number of benzene rings is 1. The Balaban J connectivity index is 0.00000196. The Morgan fingerprint density at radius 2 is 2.13 bits per heavy atom. The number of nitro benzene ring substituents is 1. The molecule has 0 bridgehead atoms. The molecule has 0 fully saturated rings. The summed E-state index contributed by atoms with van der Waals surface area (Å²) in [5.41, 5.74) is 0.486. The molecule has 0 aliphatic carbocycles. The zero-order valence-corrected chi connectivity index (χ0v) is 8.78. The maximum Gasteiger partial charge on any atom is 0.335 e. The minimum atomic E-state index is -1.07. The van der Waals surface area contributed by atoms with E-state index in [0.29, 0.717) is 12.0 Å². The van der Waals surface area contributed by atoms with Gasteiger partial charge in [0.2, 0.25) is 0 Å². The predicted octanol–water partition coefficient (Wildman–Crippen LogP) is 2.28. The third kappa shape index (κ3) is 2.92. The molecule has 0 unspecified atom stereocenters. The first-order valence-corrected chi connectivity index (χ1v) is 4.07. The van der Waals surface area contributed by atoms with E-state index in [9.17, 15) is 14.9 Å². The molecule has 1 aromatic carbocycles. The van der Waals surface area contributed by atoms with Crippen molar-refractivity contribution in [1.82, 2.24) is 0 Å². The highest BCUT2D eigenvalue weighted by Crippen LogP contribution is 2.20. The monoisotopic (exact) mass is 231 g/mol. The predicted molar refractivity (Wildman–Crippen MR) is 56.7 cm³/mol. The normalized spacial score (nSPS) is 9.13. The highest BCUT2D eigenvalue weighted by molar-refractivity contribution is 5.88. The van der Waals surface area contributed by atoms with Crippen LogP contribution in [0.4, 0.5) is 5.69 Å². The number of rotatable bonds is 3. The van der Waals surface area contributed by atoms with E-state index in [1.165, 1.54) is 18.2 Å². The van der Waals surface area contributed by atoms with Gasteiger partial charge in [0.1, 0.15) is 0 Å². The SMILES string of the molecule is CCc1cc(C(=O)O)ccc1[N+](=O)[O-].Cl. The van der Waals surface area contributed by atoms with Crippen molar-refractivity contribution in [2.75, 3.05) is 0 Å². The van der Waals surface area contributed by atoms with Gasteiger partial charge in [-0.3, -0.25) is 10.1 Å². The lowest BCUT2D eigenvalue weighted by Crippen LogP contribution is -2.00. The van der Waals surface area contributed by atoms with Crippen molar-refractivity contribution in [3.63, 3.8) is 0 Å². The van der Waals surface area contributed by atoms with Crippen molar-refractivity contribution in [2.45, 2.75) is 13.3 Å². The lowest BCUT2D eigenvalue weighted by atomic mass is 10.1. The zero-order chi connectivity index (χ0) is 10.7. The van der Waals surface area contributed by atoms with Gasteiger partial charge in [-0.05, 0) is 18.6 Å². The number of nitro groups is 1. The third-order valence-corrected chi connectivity index (χ3v) is 1.90. The topological polar surface area (TPSA) is 80.4 Å². The van der Waals surface area contributed by atoms with Gasteiger partial charge in [-0.25, -0.2) is 4.79 Å². The van der Waals surface area contributed by atoms with Gasteiger partial charge in [-0.1, -0.05) is 6.92 Å². The highest BCUT2D eigenvalue weighted by atomic mass is 35.5. The second kappa shape index (κ2) is 5.31. The van der Waals surface area contributed by atoms with Crippen LogP contribution < -0.4 is 0 Å². The summed E-state index contributed by atoms with van der Waals surface area (Å²) >= 11 is 0. The fourth-order valence-electron chi connectivity index (χ4n) is 1.18. The van der Waals surface area contributed by atoms with Gasteiger partial charge < -0.3 is 5.11 Å². The molecule has 0 aromatic heterocycles.